The topological polar surface area (TPSA) is 26.3 Å². The average molecular weight is 230 g/mol. The van der Waals surface area contributed by atoms with Gasteiger partial charge in [0.2, 0.25) is 0 Å². The van der Waals surface area contributed by atoms with Crippen LogP contribution in [0.3, 0.4) is 0 Å². The molecule has 2 atom stereocenters. The summed E-state index contributed by atoms with van der Waals surface area (Å²) < 4.78 is 0. The third-order valence-corrected chi connectivity index (χ3v) is 4.32. The molecule has 0 amide bonds. The Morgan fingerprint density at radius 1 is 1.41 bits per heavy atom. The van der Waals surface area contributed by atoms with Gasteiger partial charge in [-0.05, 0) is 54.4 Å². The molecular weight excluding hydrogens is 210 g/mol. The van der Waals surface area contributed by atoms with Gasteiger partial charge < -0.3 is 10.3 Å². The van der Waals surface area contributed by atoms with E-state index in [9.17, 15) is 5.21 Å². The minimum absolute atomic E-state index is 0.239. The second-order valence-electron chi connectivity index (χ2n) is 5.46. The van der Waals surface area contributed by atoms with E-state index in [1.807, 2.05) is 0 Å². The SMILES string of the molecule is CCCC1CC2CCC=C3C=CC(=C32)CN1[O-]. The van der Waals surface area contributed by atoms with Gasteiger partial charge in [-0.15, -0.1) is 0 Å². The maximum atomic E-state index is 12.2. The minimum Gasteiger partial charge on any atom is -0.785 e. The second kappa shape index (κ2) is 4.43. The van der Waals surface area contributed by atoms with E-state index >= 15 is 0 Å². The van der Waals surface area contributed by atoms with Gasteiger partial charge in [0, 0.05) is 6.54 Å². The zero-order valence-electron chi connectivity index (χ0n) is 10.5. The van der Waals surface area contributed by atoms with Crippen LogP contribution in [-0.2, 0) is 0 Å². The normalized spacial score (nSPS) is 32.5. The highest BCUT2D eigenvalue weighted by Gasteiger charge is 2.31. The van der Waals surface area contributed by atoms with E-state index in [2.05, 4.69) is 25.2 Å². The second-order valence-corrected chi connectivity index (χ2v) is 5.46. The van der Waals surface area contributed by atoms with Crippen molar-refractivity contribution in [2.75, 3.05) is 6.54 Å². The molecule has 0 radical (unpaired) electrons. The van der Waals surface area contributed by atoms with Crippen molar-refractivity contribution in [3.63, 3.8) is 0 Å². The van der Waals surface area contributed by atoms with Crippen LogP contribution in [0.25, 0.3) is 0 Å². The summed E-state index contributed by atoms with van der Waals surface area (Å²) in [6.45, 7) is 2.77. The lowest BCUT2D eigenvalue weighted by Crippen LogP contribution is -2.31. The summed E-state index contributed by atoms with van der Waals surface area (Å²) in [5, 5.41) is 13.5. The van der Waals surface area contributed by atoms with Gasteiger partial charge in [0.15, 0.2) is 0 Å². The quantitative estimate of drug-likeness (QED) is 0.725. The van der Waals surface area contributed by atoms with Crippen molar-refractivity contribution in [3.8, 4) is 0 Å². The largest absolute Gasteiger partial charge is 0.785 e. The Morgan fingerprint density at radius 3 is 3.12 bits per heavy atom. The number of hydrogen-bond acceptors (Lipinski definition) is 2. The van der Waals surface area contributed by atoms with Crippen molar-refractivity contribution in [2.24, 2.45) is 5.92 Å². The van der Waals surface area contributed by atoms with E-state index in [1.54, 1.807) is 0 Å². The Balaban J connectivity index is 1.91. The molecule has 1 aliphatic heterocycles. The van der Waals surface area contributed by atoms with E-state index in [0.717, 1.165) is 19.3 Å². The molecule has 2 aliphatic carbocycles. The highest BCUT2D eigenvalue weighted by Crippen LogP contribution is 2.42. The summed E-state index contributed by atoms with van der Waals surface area (Å²) in [6, 6.07) is 0.239. The van der Waals surface area contributed by atoms with E-state index in [4.69, 9.17) is 0 Å². The fourth-order valence-corrected chi connectivity index (χ4v) is 3.53. The summed E-state index contributed by atoms with van der Waals surface area (Å²) in [5.74, 6) is 0.635. The van der Waals surface area contributed by atoms with Crippen LogP contribution >= 0.6 is 0 Å². The van der Waals surface area contributed by atoms with Crippen LogP contribution in [0.4, 0.5) is 0 Å². The molecule has 17 heavy (non-hydrogen) atoms. The van der Waals surface area contributed by atoms with Crippen LogP contribution in [0.5, 0.6) is 0 Å². The molecule has 0 aromatic carbocycles. The maximum absolute atomic E-state index is 12.2. The van der Waals surface area contributed by atoms with Crippen molar-refractivity contribution in [2.45, 2.75) is 45.1 Å². The number of allylic oxidation sites excluding steroid dienone is 4. The van der Waals surface area contributed by atoms with E-state index in [1.165, 1.54) is 34.6 Å². The van der Waals surface area contributed by atoms with Crippen molar-refractivity contribution in [1.29, 1.82) is 0 Å². The molecule has 3 aliphatic rings. The van der Waals surface area contributed by atoms with E-state index < -0.39 is 0 Å². The third-order valence-electron chi connectivity index (χ3n) is 4.32. The Kier molecular flexibility index (Phi) is 2.93. The molecule has 0 N–H and O–H groups in total. The van der Waals surface area contributed by atoms with Crippen LogP contribution in [0.15, 0.2) is 34.9 Å². The van der Waals surface area contributed by atoms with Crippen LogP contribution < -0.4 is 0 Å². The Labute approximate surface area is 103 Å². The number of hydroxylamine groups is 2. The lowest BCUT2D eigenvalue weighted by Gasteiger charge is -2.37. The molecule has 0 spiro atoms. The first kappa shape index (κ1) is 11.2. The zero-order valence-corrected chi connectivity index (χ0v) is 10.5. The van der Waals surface area contributed by atoms with Crippen molar-refractivity contribution in [1.82, 2.24) is 5.06 Å². The van der Waals surface area contributed by atoms with Crippen LogP contribution in [0.2, 0.25) is 0 Å². The highest BCUT2D eigenvalue weighted by molar-refractivity contribution is 5.56. The smallest absolute Gasteiger partial charge is 0.0119 e. The van der Waals surface area contributed by atoms with Gasteiger partial charge in [0.25, 0.3) is 0 Å². The average Bonchev–Trinajstić information content (AvgIpc) is 2.66. The van der Waals surface area contributed by atoms with Crippen LogP contribution in [0.1, 0.15) is 39.0 Å². The molecule has 0 saturated heterocycles. The monoisotopic (exact) mass is 230 g/mol. The lowest BCUT2D eigenvalue weighted by atomic mass is 9.80. The number of hydrogen-bond donors (Lipinski definition) is 0. The van der Waals surface area contributed by atoms with Crippen LogP contribution in [-0.4, -0.2) is 17.6 Å². The molecule has 2 heteroatoms. The first-order chi connectivity index (χ1) is 8.29. The molecule has 0 aromatic rings. The van der Waals surface area contributed by atoms with Gasteiger partial charge in [0.1, 0.15) is 0 Å². The standard InChI is InChI=1S/C15H20NO/c1-2-4-14-9-12-6-3-5-11-7-8-13(15(11)12)10-16(14)17/h5,7-8,12,14H,2-4,6,9-10H2,1H3/q-1. The Morgan fingerprint density at radius 2 is 2.29 bits per heavy atom. The maximum Gasteiger partial charge on any atom is 0.0119 e. The molecule has 0 aromatic heterocycles. The van der Waals surface area contributed by atoms with Crippen molar-refractivity contribution < 1.29 is 0 Å². The molecule has 0 bridgehead atoms. The van der Waals surface area contributed by atoms with Gasteiger partial charge in [0.05, 0.1) is 0 Å². The van der Waals surface area contributed by atoms with Crippen molar-refractivity contribution in [3.05, 3.63) is 40.2 Å². The Hall–Kier alpha value is -0.860. The van der Waals surface area contributed by atoms with E-state index in [-0.39, 0.29) is 6.04 Å². The molecule has 3 rings (SSSR count). The number of rotatable bonds is 2. The molecule has 2 unspecified atom stereocenters. The summed E-state index contributed by atoms with van der Waals surface area (Å²) in [4.78, 5) is 0. The van der Waals surface area contributed by atoms with Crippen molar-refractivity contribution >= 4 is 0 Å². The van der Waals surface area contributed by atoms with Gasteiger partial charge in [-0.3, -0.25) is 0 Å². The Bertz CT molecular complexity index is 405. The summed E-state index contributed by atoms with van der Waals surface area (Å²) in [6.07, 6.45) is 12.3. The molecule has 92 valence electrons. The fraction of sp³-hybridized carbons (Fsp3) is 0.600. The highest BCUT2D eigenvalue weighted by atomic mass is 16.5. The van der Waals surface area contributed by atoms with Gasteiger partial charge in [-0.1, -0.05) is 31.6 Å². The molecule has 0 fully saturated rings. The van der Waals surface area contributed by atoms with E-state index in [0.29, 0.717) is 12.5 Å². The molecule has 1 heterocycles. The third kappa shape index (κ3) is 1.90. The predicted octanol–water partition coefficient (Wildman–Crippen LogP) is 3.56. The summed E-state index contributed by atoms with van der Waals surface area (Å²) in [7, 11) is 0. The predicted molar refractivity (Wildman–Crippen MR) is 70.4 cm³/mol. The summed E-state index contributed by atoms with van der Waals surface area (Å²) >= 11 is 0. The van der Waals surface area contributed by atoms with Gasteiger partial charge in [-0.2, -0.15) is 0 Å². The fourth-order valence-electron chi connectivity index (χ4n) is 3.53. The van der Waals surface area contributed by atoms with Gasteiger partial charge >= 0.3 is 0 Å². The van der Waals surface area contributed by atoms with Crippen LogP contribution in [0, 0.1) is 11.1 Å². The molecule has 0 saturated carbocycles. The molecule has 2 nitrogen and oxygen atoms in total. The van der Waals surface area contributed by atoms with Gasteiger partial charge in [-0.25, -0.2) is 0 Å². The number of nitrogens with zero attached hydrogens (tertiary/aromatic N) is 1. The lowest BCUT2D eigenvalue weighted by molar-refractivity contribution is 0.252. The zero-order chi connectivity index (χ0) is 11.8. The minimum atomic E-state index is 0.239. The summed E-state index contributed by atoms with van der Waals surface area (Å²) in [5.41, 5.74) is 4.19. The first-order valence-corrected chi connectivity index (χ1v) is 6.85. The molecular formula is C15H20NO-. The first-order valence-electron chi connectivity index (χ1n) is 6.85.